The molecule has 18 heavy (non-hydrogen) atoms. The summed E-state index contributed by atoms with van der Waals surface area (Å²) in [7, 11) is 0. The summed E-state index contributed by atoms with van der Waals surface area (Å²) in [6.45, 7) is 0. The lowest BCUT2D eigenvalue weighted by Crippen LogP contribution is -1.90. The molecule has 0 aromatic carbocycles. The molecule has 4 aromatic heterocycles. The zero-order valence-electron chi connectivity index (χ0n) is 9.41. The number of nitrogens with zero attached hydrogens (tertiary/aromatic N) is 4. The molecule has 4 heterocycles. The van der Waals surface area contributed by atoms with Crippen LogP contribution in [0.2, 0.25) is 0 Å². The van der Waals surface area contributed by atoms with Crippen molar-refractivity contribution in [1.29, 1.82) is 0 Å². The maximum absolute atomic E-state index is 4.40. The number of fused-ring (bicyclic) bond motifs is 2. The normalized spacial score (nSPS) is 11.3. The third-order valence-electron chi connectivity index (χ3n) is 2.97. The molecule has 0 fully saturated rings. The van der Waals surface area contributed by atoms with Crippen LogP contribution in [0.15, 0.2) is 49.3 Å². The highest BCUT2D eigenvalue weighted by Crippen LogP contribution is 2.20. The maximum atomic E-state index is 4.40. The summed E-state index contributed by atoms with van der Waals surface area (Å²) in [6, 6.07) is 4.00. The molecule has 0 aliphatic rings. The molecule has 0 aliphatic carbocycles. The van der Waals surface area contributed by atoms with Crippen molar-refractivity contribution in [2.75, 3.05) is 0 Å². The number of imidazole rings is 1. The highest BCUT2D eigenvalue weighted by atomic mass is 15.0. The van der Waals surface area contributed by atoms with Gasteiger partial charge in [-0.15, -0.1) is 0 Å². The second-order valence-corrected chi connectivity index (χ2v) is 4.10. The Labute approximate surface area is 102 Å². The highest BCUT2D eigenvalue weighted by Gasteiger charge is 2.04. The first kappa shape index (κ1) is 9.35. The molecule has 0 aliphatic heterocycles. The molecule has 1 N–H and O–H groups in total. The van der Waals surface area contributed by atoms with Crippen molar-refractivity contribution in [3.05, 3.63) is 49.3 Å². The van der Waals surface area contributed by atoms with Gasteiger partial charge in [-0.05, 0) is 12.1 Å². The van der Waals surface area contributed by atoms with Crippen molar-refractivity contribution in [2.45, 2.75) is 0 Å². The first-order valence-electron chi connectivity index (χ1n) is 5.62. The molecule has 4 aromatic rings. The second-order valence-electron chi connectivity index (χ2n) is 4.10. The van der Waals surface area contributed by atoms with Gasteiger partial charge in [-0.3, -0.25) is 9.97 Å². The monoisotopic (exact) mass is 235 g/mol. The lowest BCUT2D eigenvalue weighted by atomic mass is 10.2. The number of hydrogen-bond acceptors (Lipinski definition) is 3. The fourth-order valence-electron chi connectivity index (χ4n) is 2.05. The topological polar surface area (TPSA) is 58.9 Å². The van der Waals surface area contributed by atoms with Crippen molar-refractivity contribution in [3.8, 4) is 11.3 Å². The van der Waals surface area contributed by atoms with Gasteiger partial charge in [-0.25, -0.2) is 4.98 Å². The summed E-state index contributed by atoms with van der Waals surface area (Å²) in [5.41, 5.74) is 4.68. The number of rotatable bonds is 1. The van der Waals surface area contributed by atoms with Crippen LogP contribution in [0.4, 0.5) is 0 Å². The van der Waals surface area contributed by atoms with E-state index in [4.69, 9.17) is 0 Å². The summed E-state index contributed by atoms with van der Waals surface area (Å²) in [5.74, 6) is 0. The van der Waals surface area contributed by atoms with Gasteiger partial charge >= 0.3 is 0 Å². The van der Waals surface area contributed by atoms with Gasteiger partial charge in [0.25, 0.3) is 0 Å². The van der Waals surface area contributed by atoms with Gasteiger partial charge in [0.1, 0.15) is 0 Å². The minimum Gasteiger partial charge on any atom is -0.360 e. The van der Waals surface area contributed by atoms with E-state index in [0.29, 0.717) is 0 Å². The average Bonchev–Trinajstić information content (AvgIpc) is 3.05. The molecular weight excluding hydrogens is 226 g/mol. The second kappa shape index (κ2) is 3.40. The van der Waals surface area contributed by atoms with Gasteiger partial charge in [0.2, 0.25) is 0 Å². The summed E-state index contributed by atoms with van der Waals surface area (Å²) >= 11 is 0. The Morgan fingerprint density at radius 2 is 2.11 bits per heavy atom. The third kappa shape index (κ3) is 1.31. The summed E-state index contributed by atoms with van der Waals surface area (Å²) in [6.07, 6.45) is 11.1. The van der Waals surface area contributed by atoms with Crippen LogP contribution < -0.4 is 0 Å². The molecule has 86 valence electrons. The zero-order valence-corrected chi connectivity index (χ0v) is 9.41. The maximum Gasteiger partial charge on any atom is 0.155 e. The highest BCUT2D eigenvalue weighted by molar-refractivity contribution is 5.79. The Bertz CT molecular complexity index is 770. The van der Waals surface area contributed by atoms with E-state index in [1.54, 1.807) is 12.4 Å². The minimum atomic E-state index is 0.840. The van der Waals surface area contributed by atoms with E-state index in [2.05, 4.69) is 19.9 Å². The van der Waals surface area contributed by atoms with E-state index in [9.17, 15) is 0 Å². The zero-order chi connectivity index (χ0) is 11.9. The van der Waals surface area contributed by atoms with Crippen LogP contribution in [0.25, 0.3) is 27.9 Å². The Kier molecular flexibility index (Phi) is 1.77. The lowest BCUT2D eigenvalue weighted by molar-refractivity contribution is 1.13. The van der Waals surface area contributed by atoms with Crippen molar-refractivity contribution < 1.29 is 0 Å². The summed E-state index contributed by atoms with van der Waals surface area (Å²) in [4.78, 5) is 16.1. The number of aromatic nitrogens is 5. The minimum absolute atomic E-state index is 0.840. The van der Waals surface area contributed by atoms with Crippen LogP contribution in [0.3, 0.4) is 0 Å². The van der Waals surface area contributed by atoms with Crippen molar-refractivity contribution in [2.24, 2.45) is 0 Å². The summed E-state index contributed by atoms with van der Waals surface area (Å²) in [5, 5.41) is 0. The Morgan fingerprint density at radius 1 is 1.11 bits per heavy atom. The van der Waals surface area contributed by atoms with Crippen molar-refractivity contribution in [1.82, 2.24) is 24.3 Å². The van der Waals surface area contributed by atoms with E-state index in [1.807, 2.05) is 41.3 Å². The predicted molar refractivity (Wildman–Crippen MR) is 68.1 cm³/mol. The van der Waals surface area contributed by atoms with Crippen molar-refractivity contribution in [3.63, 3.8) is 0 Å². The standard InChI is InChI=1S/C13H9N5/c1-2-14-11-5-9(6-16-10(1)11)12-8-18-4-3-15-13(18)7-17-12/h1-8,14H. The number of pyridine rings is 1. The van der Waals surface area contributed by atoms with Crippen LogP contribution in [-0.2, 0) is 0 Å². The predicted octanol–water partition coefficient (Wildman–Crippen LogP) is 2.27. The lowest BCUT2D eigenvalue weighted by Gasteiger charge is -2.01. The van der Waals surface area contributed by atoms with Gasteiger partial charge in [0.05, 0.1) is 22.9 Å². The van der Waals surface area contributed by atoms with Crippen molar-refractivity contribution >= 4 is 16.7 Å². The van der Waals surface area contributed by atoms with Gasteiger partial charge in [0.15, 0.2) is 5.65 Å². The molecule has 0 atom stereocenters. The van der Waals surface area contributed by atoms with Gasteiger partial charge in [0, 0.05) is 36.5 Å². The Hall–Kier alpha value is -2.69. The fraction of sp³-hybridized carbons (Fsp3) is 0. The molecule has 0 saturated carbocycles. The molecular formula is C13H9N5. The van der Waals surface area contributed by atoms with Crippen LogP contribution in [0, 0.1) is 0 Å². The molecule has 4 rings (SSSR count). The van der Waals surface area contributed by atoms with E-state index < -0.39 is 0 Å². The van der Waals surface area contributed by atoms with Crippen LogP contribution in [0.5, 0.6) is 0 Å². The van der Waals surface area contributed by atoms with E-state index >= 15 is 0 Å². The molecule has 0 unspecified atom stereocenters. The average molecular weight is 235 g/mol. The number of aromatic amines is 1. The first-order chi connectivity index (χ1) is 8.90. The summed E-state index contributed by atoms with van der Waals surface area (Å²) < 4.78 is 1.95. The fourth-order valence-corrected chi connectivity index (χ4v) is 2.05. The number of H-pyrrole nitrogens is 1. The van der Waals surface area contributed by atoms with Gasteiger partial charge in [-0.2, -0.15) is 0 Å². The van der Waals surface area contributed by atoms with Crippen LogP contribution in [0.1, 0.15) is 0 Å². The Balaban J connectivity index is 1.93. The molecule has 0 spiro atoms. The first-order valence-corrected chi connectivity index (χ1v) is 5.62. The van der Waals surface area contributed by atoms with Gasteiger partial charge in [-0.1, -0.05) is 0 Å². The molecule has 5 heteroatoms. The molecule has 0 bridgehead atoms. The molecule has 0 saturated heterocycles. The smallest absolute Gasteiger partial charge is 0.155 e. The quantitative estimate of drug-likeness (QED) is 0.550. The molecule has 0 radical (unpaired) electrons. The molecule has 5 nitrogen and oxygen atoms in total. The van der Waals surface area contributed by atoms with Crippen LogP contribution >= 0.6 is 0 Å². The van der Waals surface area contributed by atoms with E-state index in [-0.39, 0.29) is 0 Å². The Morgan fingerprint density at radius 3 is 3.11 bits per heavy atom. The van der Waals surface area contributed by atoms with Gasteiger partial charge < -0.3 is 9.38 Å². The molecule has 0 amide bonds. The number of hydrogen-bond donors (Lipinski definition) is 1. The van der Waals surface area contributed by atoms with E-state index in [1.165, 1.54) is 0 Å². The van der Waals surface area contributed by atoms with E-state index in [0.717, 1.165) is 27.9 Å². The number of nitrogens with one attached hydrogen (secondary N) is 1. The largest absolute Gasteiger partial charge is 0.360 e. The third-order valence-corrected chi connectivity index (χ3v) is 2.97. The SMILES string of the molecule is c1cn2cc(-c3cnc4cc[nH]c4c3)ncc2n1. The van der Waals surface area contributed by atoms with Crippen LogP contribution in [-0.4, -0.2) is 24.3 Å².